The first-order valence-corrected chi connectivity index (χ1v) is 6.05. The minimum Gasteiger partial charge on any atom is -0.506 e. The van der Waals surface area contributed by atoms with Crippen LogP contribution in [0.4, 0.5) is 0 Å². The number of benzene rings is 1. The molecular formula is C11H14N3O2S+. The van der Waals surface area contributed by atoms with Crippen LogP contribution < -0.4 is 10.8 Å². The molecule has 5 nitrogen and oxygen atoms in total. The zero-order valence-corrected chi connectivity index (χ0v) is 10.4. The van der Waals surface area contributed by atoms with E-state index in [1.165, 1.54) is 18.0 Å². The number of aryl methyl sites for hydroxylation is 1. The fourth-order valence-corrected chi connectivity index (χ4v) is 1.39. The molecule has 4 N–H and O–H groups in total. The zero-order chi connectivity index (χ0) is 12.8. The molecule has 0 atom stereocenters. The minimum absolute atomic E-state index is 0.0731. The van der Waals surface area contributed by atoms with Gasteiger partial charge < -0.3 is 10.8 Å². The Morgan fingerprint density at radius 3 is 2.76 bits per heavy atom. The SMILES string of the molecule is CSC(N)=N/[NH+]=C/c1cc(C)cc(C=O)c1O. The molecule has 0 aliphatic rings. The molecule has 0 saturated carbocycles. The molecule has 6 heteroatoms. The Morgan fingerprint density at radius 2 is 2.18 bits per heavy atom. The van der Waals surface area contributed by atoms with Crippen molar-refractivity contribution in [3.05, 3.63) is 28.8 Å². The van der Waals surface area contributed by atoms with E-state index in [9.17, 15) is 9.90 Å². The topological polar surface area (TPSA) is 89.6 Å². The molecule has 1 aromatic carbocycles. The molecule has 0 aliphatic carbocycles. The van der Waals surface area contributed by atoms with E-state index in [0.29, 0.717) is 17.0 Å². The van der Waals surface area contributed by atoms with Crippen LogP contribution in [0.1, 0.15) is 21.5 Å². The van der Waals surface area contributed by atoms with Crippen molar-refractivity contribution < 1.29 is 15.0 Å². The van der Waals surface area contributed by atoms with Gasteiger partial charge in [-0.05, 0) is 30.9 Å². The summed E-state index contributed by atoms with van der Waals surface area (Å²) < 4.78 is 0. The maximum absolute atomic E-state index is 10.7. The van der Waals surface area contributed by atoms with Crippen molar-refractivity contribution in [1.82, 2.24) is 0 Å². The summed E-state index contributed by atoms with van der Waals surface area (Å²) in [6.45, 7) is 1.84. The third-order valence-corrected chi connectivity index (χ3v) is 2.55. The Hall–Kier alpha value is -1.82. The van der Waals surface area contributed by atoms with Crippen LogP contribution in [0.5, 0.6) is 5.75 Å². The number of hydrazone groups is 1. The monoisotopic (exact) mass is 252 g/mol. The van der Waals surface area contributed by atoms with Gasteiger partial charge in [0.2, 0.25) is 11.4 Å². The van der Waals surface area contributed by atoms with Crippen molar-refractivity contribution in [3.8, 4) is 5.75 Å². The second-order valence-corrected chi connectivity index (χ2v) is 4.16. The Labute approximate surface area is 103 Å². The number of hydrogen-bond acceptors (Lipinski definition) is 4. The first kappa shape index (κ1) is 13.2. The highest BCUT2D eigenvalue weighted by atomic mass is 32.2. The number of hydrogen-bond donors (Lipinski definition) is 3. The van der Waals surface area contributed by atoms with E-state index in [4.69, 9.17) is 5.73 Å². The van der Waals surface area contributed by atoms with Gasteiger partial charge in [0.25, 0.3) is 0 Å². The highest BCUT2D eigenvalue weighted by molar-refractivity contribution is 8.13. The smallest absolute Gasteiger partial charge is 0.225 e. The summed E-state index contributed by atoms with van der Waals surface area (Å²) in [5.41, 5.74) is 7.09. The van der Waals surface area contributed by atoms with Gasteiger partial charge in [0.1, 0.15) is 5.75 Å². The van der Waals surface area contributed by atoms with Crippen LogP contribution in [-0.4, -0.2) is 29.0 Å². The maximum atomic E-state index is 10.7. The van der Waals surface area contributed by atoms with Gasteiger partial charge in [0, 0.05) is 5.10 Å². The van der Waals surface area contributed by atoms with Crippen molar-refractivity contribution >= 4 is 29.4 Å². The number of aldehydes is 1. The molecule has 0 bridgehead atoms. The molecular weight excluding hydrogens is 238 g/mol. The Balaban J connectivity index is 3.06. The normalized spacial score (nSPS) is 12.0. The second-order valence-electron chi connectivity index (χ2n) is 3.34. The number of nitrogens with zero attached hydrogens (tertiary/aromatic N) is 1. The van der Waals surface area contributed by atoms with Crippen LogP contribution in [0, 0.1) is 6.92 Å². The van der Waals surface area contributed by atoms with Crippen LogP contribution in [0.3, 0.4) is 0 Å². The van der Waals surface area contributed by atoms with Crippen molar-refractivity contribution in [2.45, 2.75) is 6.92 Å². The summed E-state index contributed by atoms with van der Waals surface area (Å²) in [6.07, 6.45) is 3.90. The van der Waals surface area contributed by atoms with Gasteiger partial charge in [-0.1, -0.05) is 11.8 Å². The number of phenolic OH excluding ortho intramolecular Hbond substituents is 1. The molecule has 0 amide bonds. The standard InChI is InChI=1S/C11H13N3O2S/c1-7-3-8(5-13-14-11(12)17-2)10(16)9(4-7)6-15/h3-6,16H,1-2H3,(H2,12,14)/p+1/b13-5+. The number of amidine groups is 1. The average Bonchev–Trinajstić information content (AvgIpc) is 2.32. The van der Waals surface area contributed by atoms with E-state index in [1.807, 2.05) is 6.92 Å². The number of phenols is 1. The predicted molar refractivity (Wildman–Crippen MR) is 69.5 cm³/mol. The van der Waals surface area contributed by atoms with Crippen molar-refractivity contribution in [2.24, 2.45) is 10.8 Å². The fourth-order valence-electron chi connectivity index (χ4n) is 1.25. The molecule has 1 aromatic rings. The van der Waals surface area contributed by atoms with Crippen LogP contribution in [0.2, 0.25) is 0 Å². The van der Waals surface area contributed by atoms with Gasteiger partial charge in [0.15, 0.2) is 6.29 Å². The lowest BCUT2D eigenvalue weighted by molar-refractivity contribution is -0.456. The number of carbonyl (C=O) groups is 1. The lowest BCUT2D eigenvalue weighted by Crippen LogP contribution is -2.62. The highest BCUT2D eigenvalue weighted by Gasteiger charge is 2.08. The summed E-state index contributed by atoms with van der Waals surface area (Å²) >= 11 is 1.30. The summed E-state index contributed by atoms with van der Waals surface area (Å²) in [7, 11) is 0. The molecule has 0 saturated heterocycles. The summed E-state index contributed by atoms with van der Waals surface area (Å²) in [5.74, 6) is -0.0731. The van der Waals surface area contributed by atoms with Gasteiger partial charge in [-0.2, -0.15) is 0 Å². The van der Waals surface area contributed by atoms with Gasteiger partial charge in [0.05, 0.1) is 11.1 Å². The molecule has 0 aliphatic heterocycles. The summed E-state index contributed by atoms with van der Waals surface area (Å²) in [6, 6.07) is 3.35. The van der Waals surface area contributed by atoms with Gasteiger partial charge in [-0.15, -0.1) is 5.10 Å². The van der Waals surface area contributed by atoms with Gasteiger partial charge >= 0.3 is 0 Å². The largest absolute Gasteiger partial charge is 0.506 e. The molecule has 0 unspecified atom stereocenters. The van der Waals surface area contributed by atoms with Gasteiger partial charge in [-0.3, -0.25) is 4.79 Å². The summed E-state index contributed by atoms with van der Waals surface area (Å²) in [4.78, 5) is 10.7. The number of carbonyl (C=O) groups excluding carboxylic acids is 1. The number of aromatic hydroxyl groups is 1. The Morgan fingerprint density at radius 1 is 1.53 bits per heavy atom. The van der Waals surface area contributed by atoms with E-state index >= 15 is 0 Å². The molecule has 0 spiro atoms. The molecule has 0 heterocycles. The second kappa shape index (κ2) is 6.05. The third kappa shape index (κ3) is 3.60. The van der Waals surface area contributed by atoms with Crippen molar-refractivity contribution in [3.63, 3.8) is 0 Å². The van der Waals surface area contributed by atoms with Crippen LogP contribution >= 0.6 is 11.8 Å². The van der Waals surface area contributed by atoms with Gasteiger partial charge in [-0.25, -0.2) is 0 Å². The lowest BCUT2D eigenvalue weighted by Gasteiger charge is -2.01. The Bertz CT molecular complexity index is 484. The number of nitrogens with one attached hydrogen (secondary N) is 1. The fraction of sp³-hybridized carbons (Fsp3) is 0.182. The maximum Gasteiger partial charge on any atom is 0.225 e. The molecule has 0 aromatic heterocycles. The van der Waals surface area contributed by atoms with Crippen LogP contribution in [0.25, 0.3) is 0 Å². The van der Waals surface area contributed by atoms with E-state index in [0.717, 1.165) is 5.56 Å². The molecule has 90 valence electrons. The van der Waals surface area contributed by atoms with E-state index < -0.39 is 0 Å². The Kier molecular flexibility index (Phi) is 4.71. The molecule has 0 radical (unpaired) electrons. The van der Waals surface area contributed by atoms with Crippen LogP contribution in [0.15, 0.2) is 17.2 Å². The van der Waals surface area contributed by atoms with Crippen LogP contribution in [-0.2, 0) is 0 Å². The van der Waals surface area contributed by atoms with E-state index in [1.54, 1.807) is 18.4 Å². The number of nitrogens with two attached hydrogens (primary N) is 1. The number of thioether (sulfide) groups is 1. The average molecular weight is 252 g/mol. The molecule has 17 heavy (non-hydrogen) atoms. The van der Waals surface area contributed by atoms with Crippen molar-refractivity contribution in [1.29, 1.82) is 0 Å². The zero-order valence-electron chi connectivity index (χ0n) is 9.60. The summed E-state index contributed by atoms with van der Waals surface area (Å²) in [5, 5.41) is 16.6. The first-order valence-electron chi connectivity index (χ1n) is 4.83. The third-order valence-electron chi connectivity index (χ3n) is 2.04. The quantitative estimate of drug-likeness (QED) is 0.296. The predicted octanol–water partition coefficient (Wildman–Crippen LogP) is -0.395. The highest BCUT2D eigenvalue weighted by Crippen LogP contribution is 2.20. The van der Waals surface area contributed by atoms with E-state index in [2.05, 4.69) is 10.2 Å². The van der Waals surface area contributed by atoms with E-state index in [-0.39, 0.29) is 11.3 Å². The minimum atomic E-state index is -0.0731. The first-order chi connectivity index (χ1) is 8.08. The van der Waals surface area contributed by atoms with Crippen molar-refractivity contribution in [2.75, 3.05) is 6.26 Å². The molecule has 1 rings (SSSR count). The lowest BCUT2D eigenvalue weighted by atomic mass is 10.1. The number of rotatable bonds is 3. The molecule has 0 fully saturated rings.